The number of rotatable bonds is 3. The van der Waals surface area contributed by atoms with E-state index in [0.717, 1.165) is 16.2 Å². The number of hydrogen-bond donors (Lipinski definition) is 1. The number of anilines is 1. The molecule has 4 aromatic rings. The van der Waals surface area contributed by atoms with Gasteiger partial charge in [0.2, 0.25) is 0 Å². The van der Waals surface area contributed by atoms with E-state index in [1.807, 2.05) is 34.3 Å². The molecule has 0 saturated carbocycles. The fourth-order valence-corrected chi connectivity index (χ4v) is 3.12. The van der Waals surface area contributed by atoms with Crippen molar-refractivity contribution >= 4 is 27.9 Å². The van der Waals surface area contributed by atoms with Crippen LogP contribution in [0.1, 0.15) is 10.4 Å². The number of carbonyl (C=O) groups is 1. The van der Waals surface area contributed by atoms with Crippen LogP contribution in [0.2, 0.25) is 0 Å². The fraction of sp³-hybridized carbons (Fsp3) is 0. The Kier molecular flexibility index (Phi) is 3.59. The molecule has 4 rings (SSSR count). The largest absolute Gasteiger partial charge is 0.322 e. The molecule has 0 unspecified atom stereocenters. The van der Waals surface area contributed by atoms with Gasteiger partial charge in [0.25, 0.3) is 5.91 Å². The van der Waals surface area contributed by atoms with E-state index >= 15 is 0 Å². The Bertz CT molecular complexity index is 992. The van der Waals surface area contributed by atoms with Gasteiger partial charge in [-0.2, -0.15) is 0 Å². The highest BCUT2D eigenvalue weighted by Gasteiger charge is 2.08. The van der Waals surface area contributed by atoms with E-state index in [0.29, 0.717) is 5.69 Å². The molecule has 0 spiro atoms. The number of fused-ring (bicyclic) bond motifs is 1. The van der Waals surface area contributed by atoms with Gasteiger partial charge in [-0.3, -0.25) is 9.20 Å². The molecular formula is C18H12FN3OS. The highest BCUT2D eigenvalue weighted by Crippen LogP contribution is 2.23. The average Bonchev–Trinajstić information content (AvgIpc) is 3.17. The summed E-state index contributed by atoms with van der Waals surface area (Å²) in [6.07, 6.45) is 3.93. The van der Waals surface area contributed by atoms with Gasteiger partial charge >= 0.3 is 0 Å². The number of benzene rings is 2. The number of imidazole rings is 1. The third-order valence-electron chi connectivity index (χ3n) is 3.62. The second-order valence-electron chi connectivity index (χ2n) is 5.26. The lowest BCUT2D eigenvalue weighted by molar-refractivity contribution is 0.102. The van der Waals surface area contributed by atoms with Crippen LogP contribution in [0.3, 0.4) is 0 Å². The minimum absolute atomic E-state index is 0.286. The fourth-order valence-electron chi connectivity index (χ4n) is 2.42. The maximum Gasteiger partial charge on any atom is 0.255 e. The van der Waals surface area contributed by atoms with Crippen molar-refractivity contribution in [3.63, 3.8) is 0 Å². The Hall–Kier alpha value is -2.99. The van der Waals surface area contributed by atoms with E-state index in [9.17, 15) is 9.18 Å². The molecule has 0 aliphatic rings. The zero-order valence-corrected chi connectivity index (χ0v) is 13.3. The lowest BCUT2D eigenvalue weighted by Gasteiger charge is -2.06. The highest BCUT2D eigenvalue weighted by atomic mass is 32.1. The number of carbonyl (C=O) groups excluding carboxylic acids is 1. The van der Waals surface area contributed by atoms with Crippen molar-refractivity contribution in [2.75, 3.05) is 5.32 Å². The summed E-state index contributed by atoms with van der Waals surface area (Å²) in [5.41, 5.74) is 2.78. The number of amides is 1. The molecule has 6 heteroatoms. The van der Waals surface area contributed by atoms with E-state index in [1.54, 1.807) is 29.5 Å². The van der Waals surface area contributed by atoms with E-state index in [2.05, 4.69) is 10.3 Å². The normalized spacial score (nSPS) is 10.9. The average molecular weight is 337 g/mol. The summed E-state index contributed by atoms with van der Waals surface area (Å²) in [6.45, 7) is 0. The van der Waals surface area contributed by atoms with Crippen molar-refractivity contribution < 1.29 is 9.18 Å². The van der Waals surface area contributed by atoms with Crippen LogP contribution in [0.5, 0.6) is 0 Å². The molecule has 2 aromatic heterocycles. The van der Waals surface area contributed by atoms with Crippen LogP contribution in [0.25, 0.3) is 16.2 Å². The van der Waals surface area contributed by atoms with Crippen LogP contribution < -0.4 is 5.32 Å². The summed E-state index contributed by atoms with van der Waals surface area (Å²) in [5, 5.41) is 4.74. The molecule has 0 atom stereocenters. The molecule has 1 amide bonds. The Morgan fingerprint density at radius 3 is 2.75 bits per heavy atom. The van der Waals surface area contributed by atoms with Crippen LogP contribution in [0.15, 0.2) is 66.3 Å². The molecule has 118 valence electrons. The van der Waals surface area contributed by atoms with E-state index in [4.69, 9.17) is 0 Å². The van der Waals surface area contributed by atoms with Gasteiger partial charge in [-0.05, 0) is 30.3 Å². The lowest BCUT2D eigenvalue weighted by atomic mass is 10.1. The van der Waals surface area contributed by atoms with Crippen molar-refractivity contribution in [2.24, 2.45) is 0 Å². The van der Waals surface area contributed by atoms with Crippen molar-refractivity contribution in [3.8, 4) is 11.3 Å². The van der Waals surface area contributed by atoms with E-state index in [-0.39, 0.29) is 11.5 Å². The van der Waals surface area contributed by atoms with E-state index < -0.39 is 5.82 Å². The monoisotopic (exact) mass is 337 g/mol. The summed E-state index contributed by atoms with van der Waals surface area (Å²) in [4.78, 5) is 17.6. The number of aromatic nitrogens is 2. The van der Waals surface area contributed by atoms with E-state index in [1.165, 1.54) is 18.2 Å². The molecule has 2 heterocycles. The summed E-state index contributed by atoms with van der Waals surface area (Å²) < 4.78 is 15.2. The number of halogens is 1. The minimum atomic E-state index is -0.433. The summed E-state index contributed by atoms with van der Waals surface area (Å²) >= 11 is 1.58. The Labute approximate surface area is 141 Å². The third kappa shape index (κ3) is 2.79. The molecule has 24 heavy (non-hydrogen) atoms. The Balaban J connectivity index is 1.53. The first-order valence-corrected chi connectivity index (χ1v) is 8.16. The zero-order chi connectivity index (χ0) is 16.5. The molecule has 0 bridgehead atoms. The first-order chi connectivity index (χ1) is 11.7. The molecule has 0 radical (unpaired) electrons. The predicted molar refractivity (Wildman–Crippen MR) is 92.9 cm³/mol. The number of nitrogens with one attached hydrogen (secondary N) is 1. The van der Waals surface area contributed by atoms with Gasteiger partial charge in [-0.1, -0.05) is 18.2 Å². The summed E-state index contributed by atoms with van der Waals surface area (Å²) in [7, 11) is 0. The van der Waals surface area contributed by atoms with Crippen LogP contribution in [-0.4, -0.2) is 15.3 Å². The van der Waals surface area contributed by atoms with Gasteiger partial charge < -0.3 is 5.32 Å². The van der Waals surface area contributed by atoms with Crippen molar-refractivity contribution in [1.29, 1.82) is 0 Å². The van der Waals surface area contributed by atoms with Crippen molar-refractivity contribution in [3.05, 3.63) is 77.7 Å². The maximum absolute atomic E-state index is 13.2. The van der Waals surface area contributed by atoms with Gasteiger partial charge in [0.05, 0.1) is 5.69 Å². The summed E-state index contributed by atoms with van der Waals surface area (Å²) in [5.74, 6) is -0.775. The first kappa shape index (κ1) is 14.6. The molecular weight excluding hydrogens is 325 g/mol. The van der Waals surface area contributed by atoms with Crippen molar-refractivity contribution in [1.82, 2.24) is 9.38 Å². The quantitative estimate of drug-likeness (QED) is 0.600. The van der Waals surface area contributed by atoms with Crippen LogP contribution in [0.4, 0.5) is 10.1 Å². The predicted octanol–water partition coefficient (Wildman–Crippen LogP) is 4.45. The number of nitrogens with zero attached hydrogens (tertiary/aromatic N) is 2. The molecule has 4 nitrogen and oxygen atoms in total. The third-order valence-corrected chi connectivity index (χ3v) is 4.39. The summed E-state index contributed by atoms with van der Waals surface area (Å²) in [6, 6.07) is 13.0. The van der Waals surface area contributed by atoms with Gasteiger partial charge in [0.1, 0.15) is 5.82 Å². The smallest absolute Gasteiger partial charge is 0.255 e. The van der Waals surface area contributed by atoms with Gasteiger partial charge in [0.15, 0.2) is 4.96 Å². The number of hydrogen-bond acceptors (Lipinski definition) is 3. The molecule has 0 aliphatic heterocycles. The van der Waals surface area contributed by atoms with Crippen molar-refractivity contribution in [2.45, 2.75) is 0 Å². The highest BCUT2D eigenvalue weighted by molar-refractivity contribution is 7.15. The lowest BCUT2D eigenvalue weighted by Crippen LogP contribution is -2.11. The second-order valence-corrected chi connectivity index (χ2v) is 6.13. The van der Waals surface area contributed by atoms with Gasteiger partial charge in [-0.25, -0.2) is 9.37 Å². The van der Waals surface area contributed by atoms with Crippen LogP contribution >= 0.6 is 11.3 Å². The standard InChI is InChI=1S/C18H12FN3OS/c19-14-3-1-2-13(10-14)17(23)20-15-6-4-12(5-7-15)16-11-22-8-9-24-18(22)21-16/h1-11H,(H,20,23). The van der Waals surface area contributed by atoms with Gasteiger partial charge in [0, 0.05) is 34.6 Å². The van der Waals surface area contributed by atoms with Crippen LogP contribution in [0, 0.1) is 5.82 Å². The second kappa shape index (κ2) is 5.90. The SMILES string of the molecule is O=C(Nc1ccc(-c2cn3ccsc3n2)cc1)c1cccc(F)c1. The molecule has 2 aromatic carbocycles. The maximum atomic E-state index is 13.2. The minimum Gasteiger partial charge on any atom is -0.322 e. The first-order valence-electron chi connectivity index (χ1n) is 7.28. The zero-order valence-electron chi connectivity index (χ0n) is 12.4. The molecule has 1 N–H and O–H groups in total. The molecule has 0 fully saturated rings. The van der Waals surface area contributed by atoms with Crippen LogP contribution in [-0.2, 0) is 0 Å². The number of thiazole rings is 1. The Morgan fingerprint density at radius 1 is 1.17 bits per heavy atom. The molecule has 0 saturated heterocycles. The molecule has 0 aliphatic carbocycles. The topological polar surface area (TPSA) is 46.4 Å². The Morgan fingerprint density at radius 2 is 2.00 bits per heavy atom. The van der Waals surface area contributed by atoms with Gasteiger partial charge in [-0.15, -0.1) is 11.3 Å².